The van der Waals surface area contributed by atoms with Crippen LogP contribution in [-0.2, 0) is 0 Å². The summed E-state index contributed by atoms with van der Waals surface area (Å²) in [6.45, 7) is 0. The molecule has 0 bridgehead atoms. The zero-order valence-corrected chi connectivity index (χ0v) is 29.3. The number of aromatic nitrogens is 3. The molecule has 0 aliphatic rings. The van der Waals surface area contributed by atoms with Gasteiger partial charge in [0.05, 0.1) is 11.0 Å². The van der Waals surface area contributed by atoms with Crippen molar-refractivity contribution in [3.05, 3.63) is 200 Å². The summed E-state index contributed by atoms with van der Waals surface area (Å²) in [7, 11) is 0. The van der Waals surface area contributed by atoms with Gasteiger partial charge in [-0.3, -0.25) is 0 Å². The molecule has 0 aliphatic heterocycles. The van der Waals surface area contributed by atoms with Gasteiger partial charge in [0.2, 0.25) is 11.8 Å². The van der Waals surface area contributed by atoms with Crippen LogP contribution >= 0.6 is 0 Å². The average molecular weight is 692 g/mol. The zero-order valence-electron chi connectivity index (χ0n) is 29.3. The lowest BCUT2D eigenvalue weighted by Gasteiger charge is -2.10. The number of nitrogens with zero attached hydrogens (tertiary/aromatic N) is 3. The molecule has 0 saturated carbocycles. The Morgan fingerprint density at radius 3 is 1.04 bits per heavy atom. The molecule has 8 aromatic carbocycles. The van der Waals surface area contributed by atoms with Crippen molar-refractivity contribution in [1.29, 1.82) is 0 Å². The topological polar surface area (TPSA) is 43.9 Å². The second-order valence-corrected chi connectivity index (χ2v) is 13.5. The van der Waals surface area contributed by atoms with Crippen molar-refractivity contribution < 1.29 is 4.42 Å². The number of rotatable bonds is 7. The molecule has 0 fully saturated rings. The Labute approximate surface area is 313 Å². The van der Waals surface area contributed by atoms with Crippen LogP contribution in [-0.4, -0.2) is 14.8 Å². The molecule has 0 N–H and O–H groups in total. The summed E-state index contributed by atoms with van der Waals surface area (Å²) in [6.07, 6.45) is 0. The van der Waals surface area contributed by atoms with Crippen molar-refractivity contribution in [2.24, 2.45) is 0 Å². The van der Waals surface area contributed by atoms with Gasteiger partial charge in [-0.2, -0.15) is 0 Å². The molecular weight excluding hydrogens is 659 g/mol. The summed E-state index contributed by atoms with van der Waals surface area (Å²) < 4.78 is 8.42. The van der Waals surface area contributed by atoms with E-state index in [0.29, 0.717) is 11.8 Å². The Bertz CT molecular complexity index is 2730. The molecule has 2 aromatic heterocycles. The van der Waals surface area contributed by atoms with Gasteiger partial charge in [-0.25, -0.2) is 0 Å². The Morgan fingerprint density at radius 1 is 0.296 bits per heavy atom. The monoisotopic (exact) mass is 691 g/mol. The highest BCUT2D eigenvalue weighted by molar-refractivity contribution is 6.11. The van der Waals surface area contributed by atoms with Crippen molar-refractivity contribution in [2.75, 3.05) is 0 Å². The predicted molar refractivity (Wildman–Crippen MR) is 221 cm³/mol. The van der Waals surface area contributed by atoms with Gasteiger partial charge < -0.3 is 8.98 Å². The van der Waals surface area contributed by atoms with Gasteiger partial charge in [0.1, 0.15) is 0 Å². The van der Waals surface area contributed by atoms with Crippen LogP contribution < -0.4 is 0 Å². The number of hydrogen-bond acceptors (Lipinski definition) is 3. The molecule has 0 atom stereocenters. The third kappa shape index (κ3) is 5.76. The molecule has 0 unspecified atom stereocenters. The molecule has 0 aliphatic carbocycles. The number of fused-ring (bicyclic) bond motifs is 3. The summed E-state index contributed by atoms with van der Waals surface area (Å²) in [5.41, 5.74) is 14.7. The normalized spacial score (nSPS) is 11.3. The van der Waals surface area contributed by atoms with Crippen molar-refractivity contribution in [1.82, 2.24) is 14.8 Å². The van der Waals surface area contributed by atoms with Crippen molar-refractivity contribution in [3.63, 3.8) is 0 Å². The lowest BCUT2D eigenvalue weighted by molar-refractivity contribution is 0.584. The number of hydrogen-bond donors (Lipinski definition) is 0. The van der Waals surface area contributed by atoms with Crippen LogP contribution in [0.25, 0.3) is 94.9 Å². The third-order valence-corrected chi connectivity index (χ3v) is 10.2. The van der Waals surface area contributed by atoms with Crippen LogP contribution in [0.4, 0.5) is 0 Å². The highest BCUT2D eigenvalue weighted by atomic mass is 16.4. The summed E-state index contributed by atoms with van der Waals surface area (Å²) >= 11 is 0. The number of benzene rings is 8. The molecule has 0 saturated heterocycles. The lowest BCUT2D eigenvalue weighted by atomic mass is 9.97. The quantitative estimate of drug-likeness (QED) is 0.167. The molecule has 54 heavy (non-hydrogen) atoms. The van der Waals surface area contributed by atoms with E-state index >= 15 is 0 Å². The van der Waals surface area contributed by atoms with Crippen LogP contribution in [0.5, 0.6) is 0 Å². The second kappa shape index (κ2) is 13.4. The van der Waals surface area contributed by atoms with E-state index in [2.05, 4.69) is 185 Å². The molecule has 254 valence electrons. The molecule has 4 heteroatoms. The Kier molecular flexibility index (Phi) is 7.77. The fraction of sp³-hybridized carbons (Fsp3) is 0. The van der Waals surface area contributed by atoms with Crippen molar-refractivity contribution >= 4 is 21.8 Å². The van der Waals surface area contributed by atoms with Crippen LogP contribution in [0.2, 0.25) is 0 Å². The van der Waals surface area contributed by atoms with E-state index in [1.807, 2.05) is 30.3 Å². The summed E-state index contributed by atoms with van der Waals surface area (Å²) in [5.74, 6) is 1.00. The largest absolute Gasteiger partial charge is 0.416 e. The lowest BCUT2D eigenvalue weighted by Crippen LogP contribution is -1.94. The maximum atomic E-state index is 6.07. The standard InChI is InChI=1S/C50H33N3O/c1-4-10-34(11-5-1)36-16-20-38(21-17-36)42-26-30-47-45(32-42)46-33-43(39-22-18-37(19-23-39)35-12-6-2-7-13-35)27-31-48(46)53(47)44-28-24-41(25-29-44)50-52-51-49(54-50)40-14-8-3-9-15-40/h1-33H. The van der Waals surface area contributed by atoms with Gasteiger partial charge in [-0.05, 0) is 105 Å². The fourth-order valence-corrected chi connectivity index (χ4v) is 7.42. The average Bonchev–Trinajstić information content (AvgIpc) is 3.88. The van der Waals surface area contributed by atoms with Gasteiger partial charge in [0, 0.05) is 27.6 Å². The highest BCUT2D eigenvalue weighted by Crippen LogP contribution is 2.38. The SMILES string of the molecule is c1ccc(-c2ccc(-c3ccc4c(c3)c3cc(-c5ccc(-c6ccccc6)cc5)ccc3n4-c3ccc(-c4nnc(-c5ccccc5)o4)cc3)cc2)cc1. The smallest absolute Gasteiger partial charge is 0.248 e. The fourth-order valence-electron chi connectivity index (χ4n) is 7.42. The van der Waals surface area contributed by atoms with Gasteiger partial charge in [0.25, 0.3) is 0 Å². The van der Waals surface area contributed by atoms with Crippen LogP contribution in [0, 0.1) is 0 Å². The van der Waals surface area contributed by atoms with Gasteiger partial charge in [-0.15, -0.1) is 10.2 Å². The van der Waals surface area contributed by atoms with E-state index in [0.717, 1.165) is 27.8 Å². The minimum atomic E-state index is 0.494. The molecule has 4 nitrogen and oxygen atoms in total. The van der Waals surface area contributed by atoms with Crippen molar-refractivity contribution in [3.8, 4) is 73.1 Å². The van der Waals surface area contributed by atoms with E-state index in [1.165, 1.54) is 55.3 Å². The third-order valence-electron chi connectivity index (χ3n) is 10.2. The second-order valence-electron chi connectivity index (χ2n) is 13.5. The van der Waals surface area contributed by atoms with Crippen LogP contribution in [0.15, 0.2) is 205 Å². The van der Waals surface area contributed by atoms with E-state index in [1.54, 1.807) is 0 Å². The first-order chi connectivity index (χ1) is 26.7. The molecule has 0 spiro atoms. The highest BCUT2D eigenvalue weighted by Gasteiger charge is 2.16. The molecule has 10 aromatic rings. The first kappa shape index (κ1) is 31.4. The Morgan fingerprint density at radius 2 is 0.611 bits per heavy atom. The molecule has 10 rings (SSSR count). The maximum Gasteiger partial charge on any atom is 0.248 e. The van der Waals surface area contributed by atoms with E-state index in [9.17, 15) is 0 Å². The van der Waals surface area contributed by atoms with E-state index in [-0.39, 0.29) is 0 Å². The maximum absolute atomic E-state index is 6.07. The van der Waals surface area contributed by atoms with Gasteiger partial charge in [0.15, 0.2) is 0 Å². The van der Waals surface area contributed by atoms with Gasteiger partial charge >= 0.3 is 0 Å². The van der Waals surface area contributed by atoms with Crippen LogP contribution in [0.1, 0.15) is 0 Å². The summed E-state index contributed by atoms with van der Waals surface area (Å²) in [5, 5.41) is 11.1. The summed E-state index contributed by atoms with van der Waals surface area (Å²) in [4.78, 5) is 0. The Hall–Kier alpha value is -7.30. The van der Waals surface area contributed by atoms with Gasteiger partial charge in [-0.1, -0.05) is 140 Å². The Balaban J connectivity index is 1.06. The van der Waals surface area contributed by atoms with Crippen LogP contribution in [0.3, 0.4) is 0 Å². The molecular formula is C50H33N3O. The zero-order chi connectivity index (χ0) is 35.8. The molecule has 0 radical (unpaired) electrons. The summed E-state index contributed by atoms with van der Waals surface area (Å²) in [6, 6.07) is 70.7. The molecule has 0 amide bonds. The van der Waals surface area contributed by atoms with E-state index < -0.39 is 0 Å². The predicted octanol–water partition coefficient (Wildman–Crippen LogP) is 13.2. The minimum absolute atomic E-state index is 0.494. The van der Waals surface area contributed by atoms with E-state index in [4.69, 9.17) is 4.42 Å². The van der Waals surface area contributed by atoms with Crippen molar-refractivity contribution in [2.45, 2.75) is 0 Å². The minimum Gasteiger partial charge on any atom is -0.416 e. The molecule has 2 heterocycles. The first-order valence-electron chi connectivity index (χ1n) is 18.1. The first-order valence-corrected chi connectivity index (χ1v) is 18.1.